The van der Waals surface area contributed by atoms with Gasteiger partial charge in [0.2, 0.25) is 0 Å². The van der Waals surface area contributed by atoms with Crippen LogP contribution < -0.4 is 19.6 Å². The van der Waals surface area contributed by atoms with Crippen LogP contribution >= 0.6 is 0 Å². The topological polar surface area (TPSA) is 132 Å². The average molecular weight is 471 g/mol. The minimum Gasteiger partial charge on any atom is -0.497 e. The number of nitro groups is 1. The monoisotopic (exact) mass is 470 g/mol. The highest BCUT2D eigenvalue weighted by Crippen LogP contribution is 2.29. The van der Waals surface area contributed by atoms with E-state index in [0.29, 0.717) is 29.4 Å². The molecule has 3 rings (SSSR count). The normalized spacial score (nSPS) is 11.2. The van der Waals surface area contributed by atoms with Crippen molar-refractivity contribution in [2.75, 3.05) is 23.9 Å². The van der Waals surface area contributed by atoms with Gasteiger partial charge in [-0.15, -0.1) is 0 Å². The first kappa shape index (κ1) is 23.5. The van der Waals surface area contributed by atoms with E-state index in [9.17, 15) is 18.5 Å². The summed E-state index contributed by atoms with van der Waals surface area (Å²) >= 11 is 0. The van der Waals surface area contributed by atoms with Gasteiger partial charge in [-0.3, -0.25) is 20.3 Å². The number of nitrogens with one attached hydrogen (secondary N) is 2. The number of rotatable bonds is 10. The van der Waals surface area contributed by atoms with Gasteiger partial charge in [-0.05, 0) is 55.5 Å². The van der Waals surface area contributed by atoms with Gasteiger partial charge in [-0.1, -0.05) is 12.1 Å². The maximum absolute atomic E-state index is 12.7. The zero-order valence-corrected chi connectivity index (χ0v) is 18.7. The summed E-state index contributed by atoms with van der Waals surface area (Å²) in [5.41, 5.74) is 3.16. The van der Waals surface area contributed by atoms with Crippen LogP contribution in [0.2, 0.25) is 0 Å². The second kappa shape index (κ2) is 10.5. The summed E-state index contributed by atoms with van der Waals surface area (Å²) in [6.07, 6.45) is 1.46. The van der Waals surface area contributed by atoms with Crippen LogP contribution in [0.15, 0.2) is 76.7 Å². The fourth-order valence-electron chi connectivity index (χ4n) is 2.84. The molecule has 0 spiro atoms. The van der Waals surface area contributed by atoms with Crippen LogP contribution in [0.3, 0.4) is 0 Å². The van der Waals surface area contributed by atoms with Gasteiger partial charge < -0.3 is 9.47 Å². The Labute approximate surface area is 191 Å². The molecule has 33 heavy (non-hydrogen) atoms. The van der Waals surface area contributed by atoms with Crippen LogP contribution in [0, 0.1) is 10.1 Å². The molecule has 0 amide bonds. The number of sulfonamides is 1. The molecule has 0 aromatic heterocycles. The molecule has 0 unspecified atom stereocenters. The molecule has 0 aliphatic rings. The van der Waals surface area contributed by atoms with Gasteiger partial charge in [-0.25, -0.2) is 8.42 Å². The summed E-state index contributed by atoms with van der Waals surface area (Å²) in [7, 11) is -2.56. The Balaban J connectivity index is 1.82. The predicted molar refractivity (Wildman–Crippen MR) is 126 cm³/mol. The van der Waals surface area contributed by atoms with Crippen LogP contribution in [-0.2, 0) is 10.0 Å². The molecule has 0 aliphatic heterocycles. The number of para-hydroxylation sites is 1. The zero-order chi connectivity index (χ0) is 23.8. The van der Waals surface area contributed by atoms with Gasteiger partial charge in [-0.2, -0.15) is 5.10 Å². The van der Waals surface area contributed by atoms with E-state index < -0.39 is 20.6 Å². The SMILES string of the molecule is CCOc1ccccc1/C=N/Nc1ccc(S(=O)(=O)Nc2ccc(OC)cc2)cc1[N+](=O)[O-]. The third-order valence-electron chi connectivity index (χ3n) is 4.43. The average Bonchev–Trinajstić information content (AvgIpc) is 2.80. The summed E-state index contributed by atoms with van der Waals surface area (Å²) < 4.78 is 38.4. The van der Waals surface area contributed by atoms with E-state index in [1.54, 1.807) is 24.3 Å². The molecule has 11 heteroatoms. The summed E-state index contributed by atoms with van der Waals surface area (Å²) in [6, 6.07) is 16.9. The fraction of sp³-hybridized carbons (Fsp3) is 0.136. The summed E-state index contributed by atoms with van der Waals surface area (Å²) in [6.45, 7) is 2.33. The van der Waals surface area contributed by atoms with Crippen LogP contribution in [0.5, 0.6) is 11.5 Å². The Morgan fingerprint density at radius 3 is 2.48 bits per heavy atom. The van der Waals surface area contributed by atoms with E-state index in [0.717, 1.165) is 6.07 Å². The number of benzene rings is 3. The van der Waals surface area contributed by atoms with Crippen molar-refractivity contribution in [1.82, 2.24) is 0 Å². The number of hydrazone groups is 1. The first-order valence-electron chi connectivity index (χ1n) is 9.80. The number of nitro benzene ring substituents is 1. The summed E-state index contributed by atoms with van der Waals surface area (Å²) in [4.78, 5) is 10.6. The largest absolute Gasteiger partial charge is 0.497 e. The minimum atomic E-state index is -4.06. The van der Waals surface area contributed by atoms with Crippen molar-refractivity contribution in [3.63, 3.8) is 0 Å². The van der Waals surface area contributed by atoms with Crippen molar-refractivity contribution in [2.45, 2.75) is 11.8 Å². The van der Waals surface area contributed by atoms with Crippen molar-refractivity contribution < 1.29 is 22.8 Å². The second-order valence-electron chi connectivity index (χ2n) is 6.61. The Morgan fingerprint density at radius 1 is 1.09 bits per heavy atom. The number of hydrogen-bond donors (Lipinski definition) is 2. The van der Waals surface area contributed by atoms with Crippen LogP contribution in [0.25, 0.3) is 0 Å². The molecular weight excluding hydrogens is 448 g/mol. The molecule has 0 heterocycles. The van der Waals surface area contributed by atoms with E-state index in [-0.39, 0.29) is 10.6 Å². The molecule has 0 radical (unpaired) electrons. The van der Waals surface area contributed by atoms with E-state index in [1.807, 2.05) is 19.1 Å². The molecule has 3 aromatic carbocycles. The van der Waals surface area contributed by atoms with Gasteiger partial charge in [0.1, 0.15) is 17.2 Å². The highest BCUT2D eigenvalue weighted by Gasteiger charge is 2.21. The standard InChI is InChI=1S/C22H22N4O6S/c1-3-32-22-7-5-4-6-16(22)15-23-24-20-13-12-19(14-21(20)26(27)28)33(29,30)25-17-8-10-18(31-2)11-9-17/h4-15,24-25H,3H2,1-2H3/b23-15+. The lowest BCUT2D eigenvalue weighted by atomic mass is 10.2. The molecule has 0 atom stereocenters. The summed E-state index contributed by atoms with van der Waals surface area (Å²) in [5, 5.41) is 15.6. The first-order chi connectivity index (χ1) is 15.8. The lowest BCUT2D eigenvalue weighted by Crippen LogP contribution is -2.13. The maximum Gasteiger partial charge on any atom is 0.295 e. The van der Waals surface area contributed by atoms with E-state index in [2.05, 4.69) is 15.2 Å². The van der Waals surface area contributed by atoms with Crippen molar-refractivity contribution in [1.29, 1.82) is 0 Å². The quantitative estimate of drug-likeness (QED) is 0.257. The van der Waals surface area contributed by atoms with Gasteiger partial charge in [0.15, 0.2) is 0 Å². The molecular formula is C22H22N4O6S. The van der Waals surface area contributed by atoms with Crippen LogP contribution in [0.1, 0.15) is 12.5 Å². The van der Waals surface area contributed by atoms with Crippen LogP contribution in [-0.4, -0.2) is 33.3 Å². The highest BCUT2D eigenvalue weighted by molar-refractivity contribution is 7.92. The van der Waals surface area contributed by atoms with Gasteiger partial charge in [0.25, 0.3) is 15.7 Å². The number of nitrogens with zero attached hydrogens (tertiary/aromatic N) is 2. The highest BCUT2D eigenvalue weighted by atomic mass is 32.2. The Kier molecular flexibility index (Phi) is 7.46. The third kappa shape index (κ3) is 5.98. The van der Waals surface area contributed by atoms with Crippen molar-refractivity contribution in [2.24, 2.45) is 5.10 Å². The van der Waals surface area contributed by atoms with Crippen molar-refractivity contribution in [3.8, 4) is 11.5 Å². The van der Waals surface area contributed by atoms with Gasteiger partial charge in [0.05, 0.1) is 29.8 Å². The Hall–Kier alpha value is -4.12. The van der Waals surface area contributed by atoms with Gasteiger partial charge >= 0.3 is 0 Å². The lowest BCUT2D eigenvalue weighted by Gasteiger charge is -2.10. The molecule has 0 saturated carbocycles. The molecule has 0 bridgehead atoms. The maximum atomic E-state index is 12.7. The molecule has 3 aromatic rings. The zero-order valence-electron chi connectivity index (χ0n) is 17.9. The van der Waals surface area contributed by atoms with Crippen molar-refractivity contribution >= 4 is 33.3 Å². The lowest BCUT2D eigenvalue weighted by molar-refractivity contribution is -0.384. The predicted octanol–water partition coefficient (Wildman–Crippen LogP) is 4.25. The van der Waals surface area contributed by atoms with E-state index in [1.165, 1.54) is 37.6 Å². The van der Waals surface area contributed by atoms with E-state index in [4.69, 9.17) is 9.47 Å². The minimum absolute atomic E-state index is 0.0357. The number of ether oxygens (including phenoxy) is 2. The molecule has 0 fully saturated rings. The number of anilines is 2. The second-order valence-corrected chi connectivity index (χ2v) is 8.29. The van der Waals surface area contributed by atoms with Crippen LogP contribution in [0.4, 0.5) is 17.1 Å². The third-order valence-corrected chi connectivity index (χ3v) is 5.80. The number of hydrogen-bond acceptors (Lipinski definition) is 8. The molecule has 172 valence electrons. The molecule has 0 aliphatic carbocycles. The number of methoxy groups -OCH3 is 1. The Bertz CT molecular complexity index is 1260. The summed E-state index contributed by atoms with van der Waals surface area (Å²) in [5.74, 6) is 1.18. The van der Waals surface area contributed by atoms with Gasteiger partial charge in [0, 0.05) is 17.3 Å². The fourth-order valence-corrected chi connectivity index (χ4v) is 3.92. The first-order valence-corrected chi connectivity index (χ1v) is 11.3. The Morgan fingerprint density at radius 2 is 1.82 bits per heavy atom. The van der Waals surface area contributed by atoms with E-state index >= 15 is 0 Å². The smallest absolute Gasteiger partial charge is 0.295 e. The van der Waals surface area contributed by atoms with Crippen molar-refractivity contribution in [3.05, 3.63) is 82.4 Å². The molecule has 2 N–H and O–H groups in total. The molecule has 0 saturated heterocycles. The molecule has 10 nitrogen and oxygen atoms in total.